The van der Waals surface area contributed by atoms with E-state index in [9.17, 15) is 24.2 Å². The van der Waals surface area contributed by atoms with Crippen molar-refractivity contribution in [3.8, 4) is 11.5 Å². The lowest BCUT2D eigenvalue weighted by atomic mass is 9.97. The highest BCUT2D eigenvalue weighted by atomic mass is 19.1. The van der Waals surface area contributed by atoms with Gasteiger partial charge in [0, 0.05) is 6.20 Å². The van der Waals surface area contributed by atoms with Crippen LogP contribution in [0.4, 0.5) is 10.1 Å². The van der Waals surface area contributed by atoms with Crippen molar-refractivity contribution in [2.24, 2.45) is 0 Å². The minimum absolute atomic E-state index is 0.0745. The van der Waals surface area contributed by atoms with Crippen LogP contribution in [-0.2, 0) is 9.59 Å². The van der Waals surface area contributed by atoms with E-state index >= 15 is 0 Å². The first kappa shape index (κ1) is 20.1. The van der Waals surface area contributed by atoms with Crippen molar-refractivity contribution in [1.29, 1.82) is 0 Å². The van der Waals surface area contributed by atoms with Gasteiger partial charge in [-0.1, -0.05) is 18.2 Å². The van der Waals surface area contributed by atoms with Crippen LogP contribution in [0.2, 0.25) is 0 Å². The summed E-state index contributed by atoms with van der Waals surface area (Å²) in [6.45, 7) is 0. The number of aromatic nitrogens is 1. The Morgan fingerprint density at radius 1 is 1.10 bits per heavy atom. The number of hydrogen-bond donors (Lipinski definition) is 2. The van der Waals surface area contributed by atoms with Gasteiger partial charge in [-0.3, -0.25) is 19.5 Å². The molecule has 1 aliphatic heterocycles. The van der Waals surface area contributed by atoms with Gasteiger partial charge in [0.15, 0.2) is 0 Å². The van der Waals surface area contributed by atoms with E-state index in [-0.39, 0.29) is 34.0 Å². The molecule has 1 unspecified atom stereocenters. The third-order valence-electron chi connectivity index (χ3n) is 4.97. The van der Waals surface area contributed by atoms with Crippen LogP contribution in [0.1, 0.15) is 17.3 Å². The monoisotopic (exact) mass is 420 g/mol. The maximum absolute atomic E-state index is 13.9. The summed E-state index contributed by atoms with van der Waals surface area (Å²) in [6, 6.07) is 13.2. The largest absolute Gasteiger partial charge is 0.507 e. The molecule has 8 heteroatoms. The molecule has 0 bridgehead atoms. The number of phenolic OH excluding ortho intramolecular Hbond substituents is 1. The summed E-state index contributed by atoms with van der Waals surface area (Å²) < 4.78 is 19.1. The lowest BCUT2D eigenvalue weighted by Gasteiger charge is -2.25. The van der Waals surface area contributed by atoms with Crippen LogP contribution in [0.5, 0.6) is 11.5 Å². The molecule has 1 aliphatic rings. The van der Waals surface area contributed by atoms with Crippen molar-refractivity contribution >= 4 is 23.1 Å². The highest BCUT2D eigenvalue weighted by Gasteiger charge is 2.48. The first-order chi connectivity index (χ1) is 14.9. The highest BCUT2D eigenvalue weighted by Crippen LogP contribution is 2.44. The van der Waals surface area contributed by atoms with Crippen LogP contribution < -0.4 is 9.64 Å². The smallest absolute Gasteiger partial charge is 0.300 e. The number of benzene rings is 2. The number of amides is 1. The summed E-state index contributed by atoms with van der Waals surface area (Å²) in [5.41, 5.74) is -0.0260. The van der Waals surface area contributed by atoms with E-state index in [4.69, 9.17) is 4.74 Å². The van der Waals surface area contributed by atoms with Crippen LogP contribution in [0, 0.1) is 5.82 Å². The summed E-state index contributed by atoms with van der Waals surface area (Å²) in [4.78, 5) is 31.3. The quantitative estimate of drug-likeness (QED) is 0.380. The molecule has 2 heterocycles. The number of pyridine rings is 1. The maximum atomic E-state index is 13.9. The van der Waals surface area contributed by atoms with E-state index in [2.05, 4.69) is 4.98 Å². The first-order valence-electron chi connectivity index (χ1n) is 9.28. The molecular formula is C23H17FN2O5. The number of aliphatic hydroxyl groups is 1. The Hall–Kier alpha value is -4.20. The van der Waals surface area contributed by atoms with E-state index in [1.54, 1.807) is 30.3 Å². The van der Waals surface area contributed by atoms with E-state index in [0.717, 1.165) is 17.0 Å². The molecule has 7 nitrogen and oxygen atoms in total. The molecule has 2 N–H and O–H groups in total. The standard InChI is InChI=1S/C23H17FN2O5/c1-31-18-10-9-13(24)12-14(18)21(28)19-20(15-6-4-5-11-25-15)26(23(30)22(19)29)16-7-2-3-8-17(16)27/h2-12,20,27-28H,1H3/b21-19+. The Kier molecular flexibility index (Phi) is 5.12. The van der Waals surface area contributed by atoms with Crippen molar-refractivity contribution in [2.45, 2.75) is 6.04 Å². The van der Waals surface area contributed by atoms with Gasteiger partial charge in [-0.05, 0) is 42.5 Å². The summed E-state index contributed by atoms with van der Waals surface area (Å²) in [7, 11) is 1.33. The summed E-state index contributed by atoms with van der Waals surface area (Å²) in [5, 5.41) is 21.4. The van der Waals surface area contributed by atoms with E-state index in [1.807, 2.05) is 0 Å². The van der Waals surface area contributed by atoms with Crippen molar-refractivity contribution in [2.75, 3.05) is 12.0 Å². The lowest BCUT2D eigenvalue weighted by Crippen LogP contribution is -2.29. The van der Waals surface area contributed by atoms with Crippen LogP contribution in [0.15, 0.2) is 72.4 Å². The Balaban J connectivity index is 2.00. The van der Waals surface area contributed by atoms with Crippen LogP contribution >= 0.6 is 0 Å². The Morgan fingerprint density at radius 3 is 2.52 bits per heavy atom. The number of Topliss-reactive ketones (excluding diaryl/α,β-unsaturated/α-hetero) is 1. The molecule has 156 valence electrons. The van der Waals surface area contributed by atoms with Crippen molar-refractivity contribution in [3.05, 3.63) is 89.5 Å². The number of ketones is 1. The second-order valence-corrected chi connectivity index (χ2v) is 6.76. The predicted molar refractivity (Wildman–Crippen MR) is 110 cm³/mol. The number of nitrogens with zero attached hydrogens (tertiary/aromatic N) is 2. The summed E-state index contributed by atoms with van der Waals surface area (Å²) >= 11 is 0. The fourth-order valence-electron chi connectivity index (χ4n) is 3.58. The zero-order chi connectivity index (χ0) is 22.1. The Labute approximate surface area is 176 Å². The van der Waals surface area contributed by atoms with Gasteiger partial charge in [-0.15, -0.1) is 0 Å². The van der Waals surface area contributed by atoms with Gasteiger partial charge >= 0.3 is 0 Å². The topological polar surface area (TPSA) is 100.0 Å². The van der Waals surface area contributed by atoms with Crippen LogP contribution in [0.3, 0.4) is 0 Å². The zero-order valence-electron chi connectivity index (χ0n) is 16.3. The van der Waals surface area contributed by atoms with E-state index in [1.165, 1.54) is 31.5 Å². The molecule has 4 rings (SSSR count). The first-order valence-corrected chi connectivity index (χ1v) is 9.28. The lowest BCUT2D eigenvalue weighted by molar-refractivity contribution is -0.132. The van der Waals surface area contributed by atoms with E-state index in [0.29, 0.717) is 0 Å². The second-order valence-electron chi connectivity index (χ2n) is 6.76. The third-order valence-corrected chi connectivity index (χ3v) is 4.97. The minimum atomic E-state index is -1.15. The molecule has 2 aromatic carbocycles. The number of halogens is 1. The molecule has 1 aromatic heterocycles. The normalized spacial score (nSPS) is 17.7. The summed E-state index contributed by atoms with van der Waals surface area (Å²) in [6.07, 6.45) is 1.48. The van der Waals surface area contributed by atoms with Crippen molar-refractivity contribution in [1.82, 2.24) is 4.98 Å². The highest BCUT2D eigenvalue weighted by molar-refractivity contribution is 6.51. The number of carbonyl (C=O) groups is 2. The molecule has 0 saturated carbocycles. The zero-order valence-corrected chi connectivity index (χ0v) is 16.3. The third kappa shape index (κ3) is 3.38. The molecule has 1 saturated heterocycles. The number of rotatable bonds is 4. The Bertz CT molecular complexity index is 1210. The SMILES string of the molecule is COc1ccc(F)cc1/C(O)=C1\C(=O)C(=O)N(c2ccccc2O)C1c1ccccn1. The van der Waals surface area contributed by atoms with Gasteiger partial charge in [0.05, 0.1) is 29.6 Å². The van der Waals surface area contributed by atoms with Crippen molar-refractivity contribution in [3.63, 3.8) is 0 Å². The molecule has 1 fully saturated rings. The van der Waals surface area contributed by atoms with E-state index < -0.39 is 29.3 Å². The van der Waals surface area contributed by atoms with Gasteiger partial charge in [-0.25, -0.2) is 4.39 Å². The number of ether oxygens (including phenoxy) is 1. The molecule has 31 heavy (non-hydrogen) atoms. The second kappa shape index (κ2) is 7.91. The fourth-order valence-corrected chi connectivity index (χ4v) is 3.58. The molecule has 3 aromatic rings. The average molecular weight is 420 g/mol. The number of para-hydroxylation sites is 2. The number of aliphatic hydroxyl groups excluding tert-OH is 1. The summed E-state index contributed by atoms with van der Waals surface area (Å²) in [5.74, 6) is -3.34. The number of aromatic hydroxyl groups is 1. The maximum Gasteiger partial charge on any atom is 0.300 e. The number of hydrogen-bond acceptors (Lipinski definition) is 6. The van der Waals surface area contributed by atoms with Gasteiger partial charge in [0.2, 0.25) is 0 Å². The molecule has 0 aliphatic carbocycles. The van der Waals surface area contributed by atoms with Gasteiger partial charge in [-0.2, -0.15) is 0 Å². The number of phenols is 1. The number of methoxy groups -OCH3 is 1. The van der Waals surface area contributed by atoms with Gasteiger partial charge < -0.3 is 14.9 Å². The van der Waals surface area contributed by atoms with Crippen molar-refractivity contribution < 1.29 is 28.9 Å². The molecule has 0 spiro atoms. The van der Waals surface area contributed by atoms with Crippen LogP contribution in [-0.4, -0.2) is 34.0 Å². The van der Waals surface area contributed by atoms with Gasteiger partial charge in [0.25, 0.3) is 11.7 Å². The Morgan fingerprint density at radius 2 is 1.84 bits per heavy atom. The number of anilines is 1. The average Bonchev–Trinajstić information content (AvgIpc) is 3.05. The molecule has 0 radical (unpaired) electrons. The number of carbonyl (C=O) groups excluding carboxylic acids is 2. The van der Waals surface area contributed by atoms with Gasteiger partial charge in [0.1, 0.15) is 29.1 Å². The van der Waals surface area contributed by atoms with Crippen LogP contribution in [0.25, 0.3) is 5.76 Å². The molecular weight excluding hydrogens is 403 g/mol. The minimum Gasteiger partial charge on any atom is -0.507 e. The fraction of sp³-hybridized carbons (Fsp3) is 0.0870. The predicted octanol–water partition coefficient (Wildman–Crippen LogP) is 3.56. The molecule has 1 amide bonds. The molecule has 1 atom stereocenters.